The number of carbonyl (C=O) groups excluding carboxylic acids is 6. The average molecular weight is 1290 g/mol. The van der Waals surface area contributed by atoms with Gasteiger partial charge in [0.15, 0.2) is 0 Å². The Hall–Kier alpha value is -8.50. The molecular weight excluding hydrogens is 1220 g/mol. The number of amides is 6. The van der Waals surface area contributed by atoms with Crippen molar-refractivity contribution in [2.24, 2.45) is 21.1 Å². The number of aliphatic hydroxyl groups is 1. The highest BCUT2D eigenvalue weighted by atomic mass is 19.4. The van der Waals surface area contributed by atoms with Crippen molar-refractivity contribution in [1.82, 2.24) is 29.7 Å². The summed E-state index contributed by atoms with van der Waals surface area (Å²) in [5.74, 6) is -15.7. The van der Waals surface area contributed by atoms with Gasteiger partial charge in [-0.1, -0.05) is 0 Å². The second-order valence-corrected chi connectivity index (χ2v) is 24.2. The largest absolute Gasteiger partial charge is 0.430 e. The molecule has 4 heterocycles. The van der Waals surface area contributed by atoms with Crippen molar-refractivity contribution in [2.75, 3.05) is 42.9 Å². The zero-order chi connectivity index (χ0) is 68.9. The lowest BCUT2D eigenvalue weighted by Crippen LogP contribution is -2.58. The van der Waals surface area contributed by atoms with E-state index >= 15 is 0 Å². The lowest BCUT2D eigenvalue weighted by atomic mass is 9.87. The van der Waals surface area contributed by atoms with Gasteiger partial charge in [-0.15, -0.1) is 0 Å². The molecule has 18 nitrogen and oxygen atoms in total. The molecule has 6 aromatic rings. The number of nitrogens with one attached hydrogen (secondary N) is 6. The van der Waals surface area contributed by atoms with Crippen LogP contribution in [-0.2, 0) is 62.4 Å². The number of aryl methyl sites for hydroxylation is 5. The van der Waals surface area contributed by atoms with E-state index < -0.39 is 110 Å². The molecule has 3 aromatic heterocycles. The SMILES string of the molecule is COCC(C)(C)NC(=O)C(F)(F)c1cc(C(=O)Nc2ccc(F)c(C)c2)cn1C.Cc1cc(NC(=O)c2c(C)c(C(O)(C(=O)NC(C)(C)C)C(F)(F)F)c(C)n2C)ccc1F.Cc1cc(NC(=O)c2cc(C(F)(F)C(=O)NC3(C)CCCOC3)n(C)c2)ccc1F. The normalized spacial score (nSPS) is 15.2. The lowest BCUT2D eigenvalue weighted by molar-refractivity contribution is -0.257. The Kier molecular flexibility index (Phi) is 22.5. The van der Waals surface area contributed by atoms with Gasteiger partial charge in [-0.05, 0) is 178 Å². The molecule has 91 heavy (non-hydrogen) atoms. The van der Waals surface area contributed by atoms with Crippen LogP contribution in [0.1, 0.15) is 130 Å². The summed E-state index contributed by atoms with van der Waals surface area (Å²) >= 11 is 0. The molecule has 1 fully saturated rings. The van der Waals surface area contributed by atoms with Crippen LogP contribution in [0.2, 0.25) is 0 Å². The van der Waals surface area contributed by atoms with Gasteiger partial charge in [-0.3, -0.25) is 28.8 Å². The number of ether oxygens (including phenoxy) is 2. The van der Waals surface area contributed by atoms with Gasteiger partial charge in [-0.25, -0.2) is 13.2 Å². The maximum Gasteiger partial charge on any atom is 0.430 e. The van der Waals surface area contributed by atoms with Crippen LogP contribution in [0, 0.1) is 52.1 Å². The van der Waals surface area contributed by atoms with Gasteiger partial charge < -0.3 is 60.2 Å². The Labute approximate surface area is 519 Å². The number of rotatable bonds is 16. The van der Waals surface area contributed by atoms with Crippen molar-refractivity contribution in [3.05, 3.63) is 158 Å². The minimum absolute atomic E-state index is 0.0471. The number of hydrogen-bond donors (Lipinski definition) is 7. The van der Waals surface area contributed by atoms with E-state index in [9.17, 15) is 77.8 Å². The summed E-state index contributed by atoms with van der Waals surface area (Å²) in [4.78, 5) is 75.0. The molecule has 496 valence electrons. The topological polar surface area (TPSA) is 228 Å². The molecule has 0 radical (unpaired) electrons. The van der Waals surface area contributed by atoms with E-state index in [1.165, 1.54) is 142 Å². The van der Waals surface area contributed by atoms with E-state index in [0.717, 1.165) is 27.3 Å². The van der Waals surface area contributed by atoms with E-state index in [4.69, 9.17) is 9.47 Å². The zero-order valence-corrected chi connectivity index (χ0v) is 52.9. The van der Waals surface area contributed by atoms with E-state index in [-0.39, 0.29) is 52.5 Å². The Morgan fingerprint density at radius 3 is 1.41 bits per heavy atom. The summed E-state index contributed by atoms with van der Waals surface area (Å²) in [6, 6.07) is 13.8. The van der Waals surface area contributed by atoms with Crippen molar-refractivity contribution in [2.45, 2.75) is 129 Å². The quantitative estimate of drug-likeness (QED) is 0.0457. The number of aromatic nitrogens is 3. The van der Waals surface area contributed by atoms with Gasteiger partial charge in [0.1, 0.15) is 23.1 Å². The first-order valence-corrected chi connectivity index (χ1v) is 28.1. The molecule has 28 heteroatoms. The van der Waals surface area contributed by atoms with Crippen LogP contribution in [-0.4, -0.2) is 104 Å². The molecule has 0 aliphatic carbocycles. The fourth-order valence-corrected chi connectivity index (χ4v) is 9.81. The number of methoxy groups -OCH3 is 1. The van der Waals surface area contributed by atoms with Crippen LogP contribution in [0.4, 0.5) is 61.0 Å². The molecule has 0 bridgehead atoms. The van der Waals surface area contributed by atoms with Gasteiger partial charge in [-0.2, -0.15) is 30.7 Å². The molecule has 7 N–H and O–H groups in total. The molecular formula is C63H75F10N9O9. The van der Waals surface area contributed by atoms with Crippen LogP contribution < -0.4 is 31.9 Å². The summed E-state index contributed by atoms with van der Waals surface area (Å²) in [7, 11) is 5.41. The Morgan fingerprint density at radius 2 is 1.03 bits per heavy atom. The molecule has 0 spiro atoms. The molecule has 2 atom stereocenters. The fraction of sp³-hybridized carbons (Fsp3) is 0.429. The first-order valence-electron chi connectivity index (χ1n) is 28.1. The van der Waals surface area contributed by atoms with Crippen LogP contribution in [0.3, 0.4) is 0 Å². The van der Waals surface area contributed by atoms with E-state index in [1.807, 2.05) is 0 Å². The van der Waals surface area contributed by atoms with Crippen LogP contribution in [0.15, 0.2) is 79.1 Å². The van der Waals surface area contributed by atoms with Crippen molar-refractivity contribution in [3.63, 3.8) is 0 Å². The smallest absolute Gasteiger partial charge is 0.382 e. The molecule has 1 aliphatic rings. The van der Waals surface area contributed by atoms with Crippen LogP contribution >= 0.6 is 0 Å². The average Bonchev–Trinajstić information content (AvgIpc) is 1.67. The molecule has 3 aromatic carbocycles. The minimum Gasteiger partial charge on any atom is -0.382 e. The first-order chi connectivity index (χ1) is 41.8. The van der Waals surface area contributed by atoms with Crippen LogP contribution in [0.25, 0.3) is 0 Å². The van der Waals surface area contributed by atoms with Gasteiger partial charge in [0.2, 0.25) is 0 Å². The fourth-order valence-electron chi connectivity index (χ4n) is 9.81. The predicted octanol–water partition coefficient (Wildman–Crippen LogP) is 10.9. The third kappa shape index (κ3) is 17.3. The second-order valence-electron chi connectivity index (χ2n) is 24.2. The maximum absolute atomic E-state index is 14.9. The van der Waals surface area contributed by atoms with Crippen molar-refractivity contribution < 1.29 is 87.3 Å². The molecule has 6 amide bonds. The number of alkyl halides is 7. The van der Waals surface area contributed by atoms with Gasteiger partial charge in [0, 0.05) is 81.1 Å². The van der Waals surface area contributed by atoms with E-state index in [2.05, 4.69) is 31.9 Å². The number of nitrogens with zero attached hydrogens (tertiary/aromatic N) is 3. The molecule has 2 unspecified atom stereocenters. The van der Waals surface area contributed by atoms with E-state index in [1.54, 1.807) is 27.7 Å². The summed E-state index contributed by atoms with van der Waals surface area (Å²) in [6.07, 6.45) is -1.75. The second kappa shape index (κ2) is 27.9. The van der Waals surface area contributed by atoms with Gasteiger partial charge >= 0.3 is 18.0 Å². The summed E-state index contributed by atoms with van der Waals surface area (Å²) in [5, 5.41) is 25.2. The number of halogens is 10. The Morgan fingerprint density at radius 1 is 0.615 bits per heavy atom. The number of carbonyl (C=O) groups is 6. The summed E-state index contributed by atoms with van der Waals surface area (Å²) in [5.41, 5.74) is -7.51. The van der Waals surface area contributed by atoms with Gasteiger partial charge in [0.25, 0.3) is 41.0 Å². The highest BCUT2D eigenvalue weighted by Crippen LogP contribution is 2.44. The maximum atomic E-state index is 14.9. The third-order valence-corrected chi connectivity index (χ3v) is 14.5. The monoisotopic (exact) mass is 1290 g/mol. The molecule has 1 saturated heterocycles. The lowest BCUT2D eigenvalue weighted by Gasteiger charge is -2.35. The minimum atomic E-state index is -5.36. The number of benzene rings is 3. The molecule has 1 aliphatic heterocycles. The van der Waals surface area contributed by atoms with Gasteiger partial charge in [0.05, 0.1) is 46.8 Å². The van der Waals surface area contributed by atoms with E-state index in [0.29, 0.717) is 42.0 Å². The van der Waals surface area contributed by atoms with Crippen molar-refractivity contribution in [3.8, 4) is 0 Å². The highest BCUT2D eigenvalue weighted by molar-refractivity contribution is 6.06. The Bertz CT molecular complexity index is 3710. The Balaban J connectivity index is 0.000000248. The molecule has 7 rings (SSSR count). The third-order valence-electron chi connectivity index (χ3n) is 14.5. The van der Waals surface area contributed by atoms with Crippen molar-refractivity contribution in [1.29, 1.82) is 0 Å². The molecule has 0 saturated carbocycles. The first kappa shape index (κ1) is 73.2. The summed E-state index contributed by atoms with van der Waals surface area (Å²) < 4.78 is 155. The van der Waals surface area contributed by atoms with Crippen molar-refractivity contribution >= 4 is 52.5 Å². The number of hydrogen-bond acceptors (Lipinski definition) is 9. The van der Waals surface area contributed by atoms with Crippen LogP contribution in [0.5, 0.6) is 0 Å². The summed E-state index contributed by atoms with van der Waals surface area (Å²) in [6.45, 7) is 17.0. The number of anilines is 3. The standard InChI is InChI=1S/C22H27F4N3O3.C21H24F3N3O3.C20H24F3N3O3/c1-11-10-14(8-9-15(11)23)27-18(30)17-12(2)16(13(3)29(17)7)21(32,22(24,25)26)19(31)28-20(4,5)6;1-13-9-15(5-6-16(13)22)25-18(28)14-10-17(27(3)11-14)21(23,24)19(29)26-20(2)7-4-8-30-12-20;1-12-8-14(6-7-15(12)21)24-17(27)13-9-16(26(4)10-13)20(22,23)18(28)25-19(2,3)11-29-5/h8-10,32H,1-7H3,(H,27,30)(H,28,31);5-6,9-11H,4,7-8,12H2,1-3H3,(H,25,28)(H,26,29);6-10H,11H2,1-5H3,(H,24,27)(H,25,28). The highest BCUT2D eigenvalue weighted by Gasteiger charge is 2.63. The zero-order valence-electron chi connectivity index (χ0n) is 52.9. The predicted molar refractivity (Wildman–Crippen MR) is 319 cm³/mol.